The molecule has 2 saturated heterocycles. The van der Waals surface area contributed by atoms with Gasteiger partial charge in [0.2, 0.25) is 0 Å². The van der Waals surface area contributed by atoms with Crippen molar-refractivity contribution in [3.05, 3.63) is 0 Å². The van der Waals surface area contributed by atoms with Crippen LogP contribution in [-0.4, -0.2) is 56.4 Å². The first-order valence-corrected chi connectivity index (χ1v) is 8.33. The molecule has 106 valence electrons. The van der Waals surface area contributed by atoms with Crippen LogP contribution in [-0.2, 0) is 14.9 Å². The maximum Gasteiger partial charge on any atom is 0.281 e. The summed E-state index contributed by atoms with van der Waals surface area (Å²) >= 11 is 0. The summed E-state index contributed by atoms with van der Waals surface area (Å²) in [5.74, 6) is 0. The number of ether oxygens (including phenoxy) is 1. The summed E-state index contributed by atoms with van der Waals surface area (Å²) in [5.41, 5.74) is 0. The van der Waals surface area contributed by atoms with Gasteiger partial charge in [0.15, 0.2) is 0 Å². The number of hydrogen-bond acceptors (Lipinski definition) is 3. The lowest BCUT2D eigenvalue weighted by atomic mass is 10.1. The molecule has 5 nitrogen and oxygen atoms in total. The lowest BCUT2D eigenvalue weighted by Gasteiger charge is -2.27. The van der Waals surface area contributed by atoms with E-state index >= 15 is 0 Å². The molecule has 0 bridgehead atoms. The lowest BCUT2D eigenvalue weighted by Crippen LogP contribution is -2.41. The van der Waals surface area contributed by atoms with Gasteiger partial charge in [0, 0.05) is 33.3 Å². The first-order valence-electron chi connectivity index (χ1n) is 6.94. The van der Waals surface area contributed by atoms with Gasteiger partial charge in [0.1, 0.15) is 0 Å². The molecule has 2 aliphatic heterocycles. The molecule has 0 aliphatic carbocycles. The Bertz CT molecular complexity index is 346. The van der Waals surface area contributed by atoms with Gasteiger partial charge < -0.3 is 4.74 Å². The molecule has 0 saturated carbocycles. The van der Waals surface area contributed by atoms with Crippen LogP contribution in [0.1, 0.15) is 38.5 Å². The largest absolute Gasteiger partial charge is 0.378 e. The summed E-state index contributed by atoms with van der Waals surface area (Å²) < 4.78 is 33.1. The fourth-order valence-corrected chi connectivity index (χ4v) is 4.04. The van der Waals surface area contributed by atoms with E-state index in [1.54, 1.807) is 11.4 Å². The van der Waals surface area contributed by atoms with Crippen molar-refractivity contribution in [2.75, 3.05) is 33.3 Å². The molecule has 2 rings (SSSR count). The summed E-state index contributed by atoms with van der Waals surface area (Å²) in [4.78, 5) is 0. The van der Waals surface area contributed by atoms with Crippen LogP contribution < -0.4 is 0 Å². The van der Waals surface area contributed by atoms with Crippen molar-refractivity contribution >= 4 is 10.2 Å². The van der Waals surface area contributed by atoms with E-state index in [4.69, 9.17) is 4.74 Å². The zero-order valence-corrected chi connectivity index (χ0v) is 12.0. The molecular weight excluding hydrogens is 252 g/mol. The molecule has 1 atom stereocenters. The molecule has 2 heterocycles. The van der Waals surface area contributed by atoms with Crippen LogP contribution in [0.3, 0.4) is 0 Å². The minimum absolute atomic E-state index is 0.245. The fraction of sp³-hybridized carbons (Fsp3) is 1.00. The topological polar surface area (TPSA) is 49.9 Å². The third kappa shape index (κ3) is 3.44. The highest BCUT2D eigenvalue weighted by molar-refractivity contribution is 7.86. The summed E-state index contributed by atoms with van der Waals surface area (Å²) in [6, 6.07) is 0. The fourth-order valence-electron chi connectivity index (χ4n) is 2.59. The summed E-state index contributed by atoms with van der Waals surface area (Å²) in [6.07, 6.45) is 6.43. The molecule has 2 aliphatic rings. The van der Waals surface area contributed by atoms with Gasteiger partial charge in [0.05, 0.1) is 6.10 Å². The van der Waals surface area contributed by atoms with Crippen LogP contribution in [0, 0.1) is 0 Å². The zero-order valence-electron chi connectivity index (χ0n) is 11.2. The molecule has 2 fully saturated rings. The van der Waals surface area contributed by atoms with E-state index in [9.17, 15) is 8.42 Å². The molecule has 0 amide bonds. The quantitative estimate of drug-likeness (QED) is 0.758. The van der Waals surface area contributed by atoms with E-state index in [2.05, 4.69) is 0 Å². The zero-order chi connectivity index (χ0) is 13.0. The second kappa shape index (κ2) is 6.32. The Hall–Kier alpha value is -0.170. The van der Waals surface area contributed by atoms with E-state index in [1.165, 1.54) is 10.7 Å². The number of rotatable bonds is 5. The first kappa shape index (κ1) is 14.2. The second-order valence-corrected chi connectivity index (χ2v) is 7.25. The maximum atomic E-state index is 12.2. The van der Waals surface area contributed by atoms with Crippen LogP contribution in [0.25, 0.3) is 0 Å². The van der Waals surface area contributed by atoms with Gasteiger partial charge in [0.25, 0.3) is 10.2 Å². The molecule has 0 radical (unpaired) electrons. The van der Waals surface area contributed by atoms with Crippen molar-refractivity contribution in [3.63, 3.8) is 0 Å². The highest BCUT2D eigenvalue weighted by atomic mass is 32.2. The highest BCUT2D eigenvalue weighted by Gasteiger charge is 2.29. The smallest absolute Gasteiger partial charge is 0.281 e. The molecule has 6 heteroatoms. The van der Waals surface area contributed by atoms with Crippen LogP contribution >= 0.6 is 0 Å². The molecule has 0 spiro atoms. The Morgan fingerprint density at radius 1 is 1.22 bits per heavy atom. The Morgan fingerprint density at radius 2 is 1.94 bits per heavy atom. The molecular formula is C12H24N2O3S. The Morgan fingerprint density at radius 3 is 2.56 bits per heavy atom. The van der Waals surface area contributed by atoms with Crippen molar-refractivity contribution < 1.29 is 13.2 Å². The Labute approximate surface area is 110 Å². The number of nitrogens with zero attached hydrogens (tertiary/aromatic N) is 2. The van der Waals surface area contributed by atoms with E-state index < -0.39 is 10.2 Å². The van der Waals surface area contributed by atoms with Crippen molar-refractivity contribution in [2.45, 2.75) is 44.6 Å². The lowest BCUT2D eigenvalue weighted by molar-refractivity contribution is 0.00937. The van der Waals surface area contributed by atoms with Gasteiger partial charge in [-0.15, -0.1) is 0 Å². The summed E-state index contributed by atoms with van der Waals surface area (Å²) in [5, 5.41) is 0. The van der Waals surface area contributed by atoms with E-state index in [-0.39, 0.29) is 6.10 Å². The highest BCUT2D eigenvalue weighted by Crippen LogP contribution is 2.19. The molecule has 0 aromatic rings. The predicted molar refractivity (Wildman–Crippen MR) is 70.6 cm³/mol. The van der Waals surface area contributed by atoms with Gasteiger partial charge in [-0.2, -0.15) is 17.0 Å². The molecule has 1 unspecified atom stereocenters. The Balaban J connectivity index is 1.80. The average Bonchev–Trinajstić information content (AvgIpc) is 2.91. The molecule has 0 N–H and O–H groups in total. The van der Waals surface area contributed by atoms with Gasteiger partial charge in [-0.3, -0.25) is 0 Å². The average molecular weight is 276 g/mol. The Kier molecular flexibility index (Phi) is 5.00. The van der Waals surface area contributed by atoms with Crippen LogP contribution in [0.4, 0.5) is 0 Å². The minimum Gasteiger partial charge on any atom is -0.378 e. The summed E-state index contributed by atoms with van der Waals surface area (Å²) in [7, 11) is -1.55. The molecule has 0 aromatic carbocycles. The van der Waals surface area contributed by atoms with Crippen LogP contribution in [0.15, 0.2) is 0 Å². The first-order chi connectivity index (χ1) is 8.60. The van der Waals surface area contributed by atoms with Crippen molar-refractivity contribution in [1.82, 2.24) is 8.61 Å². The van der Waals surface area contributed by atoms with Crippen LogP contribution in [0.5, 0.6) is 0 Å². The van der Waals surface area contributed by atoms with E-state index in [1.807, 2.05) is 0 Å². The minimum atomic E-state index is -3.23. The van der Waals surface area contributed by atoms with Crippen LogP contribution in [0.2, 0.25) is 0 Å². The summed E-state index contributed by atoms with van der Waals surface area (Å²) in [6.45, 7) is 2.73. The van der Waals surface area contributed by atoms with E-state index in [0.717, 1.165) is 38.7 Å². The standard InChI is InChI=1S/C12H24N2O3S/c1-13(10-7-12-6-2-5-11-17-12)18(15,16)14-8-3-4-9-14/h12H,2-11H2,1H3. The third-order valence-corrected chi connectivity index (χ3v) is 5.81. The third-order valence-electron chi connectivity index (χ3n) is 3.83. The number of hydrogen-bond donors (Lipinski definition) is 0. The van der Waals surface area contributed by atoms with Crippen molar-refractivity contribution in [1.29, 1.82) is 0 Å². The SMILES string of the molecule is CN(CCC1CCCCO1)S(=O)(=O)N1CCCC1. The van der Waals surface area contributed by atoms with Gasteiger partial charge in [-0.25, -0.2) is 0 Å². The monoisotopic (exact) mass is 276 g/mol. The van der Waals surface area contributed by atoms with Gasteiger partial charge in [-0.1, -0.05) is 0 Å². The van der Waals surface area contributed by atoms with Gasteiger partial charge in [-0.05, 0) is 38.5 Å². The molecule has 0 aromatic heterocycles. The second-order valence-electron chi connectivity index (χ2n) is 5.21. The maximum absolute atomic E-state index is 12.2. The predicted octanol–water partition coefficient (Wildman–Crippen LogP) is 1.22. The van der Waals surface area contributed by atoms with Gasteiger partial charge >= 0.3 is 0 Å². The van der Waals surface area contributed by atoms with E-state index in [0.29, 0.717) is 19.6 Å². The molecule has 18 heavy (non-hydrogen) atoms. The normalized spacial score (nSPS) is 26.9. The van der Waals surface area contributed by atoms with Crippen molar-refractivity contribution in [2.24, 2.45) is 0 Å². The van der Waals surface area contributed by atoms with Crippen molar-refractivity contribution in [3.8, 4) is 0 Å².